The van der Waals surface area contributed by atoms with E-state index in [1.165, 1.54) is 36.4 Å². The lowest BCUT2D eigenvalue weighted by Crippen LogP contribution is -2.46. The lowest BCUT2D eigenvalue weighted by Gasteiger charge is -2.35. The normalized spacial score (nSPS) is 18.3. The Balaban J connectivity index is 1.65. The van der Waals surface area contributed by atoms with Gasteiger partial charge in [0.25, 0.3) is 11.8 Å². The number of carbonyl (C=O) groups excluding carboxylic acids is 3. The second kappa shape index (κ2) is 6.59. The van der Waals surface area contributed by atoms with Crippen LogP contribution >= 0.6 is 0 Å². The molecule has 0 saturated carbocycles. The summed E-state index contributed by atoms with van der Waals surface area (Å²) >= 11 is 0. The van der Waals surface area contributed by atoms with E-state index in [1.807, 2.05) is 0 Å². The maximum Gasteiger partial charge on any atom is 0.343 e. The van der Waals surface area contributed by atoms with Gasteiger partial charge in [-0.25, -0.2) is 9.18 Å². The molecule has 2 aliphatic rings. The molecule has 0 spiro atoms. The number of imide groups is 1. The van der Waals surface area contributed by atoms with Gasteiger partial charge >= 0.3 is 5.97 Å². The van der Waals surface area contributed by atoms with E-state index in [9.17, 15) is 18.8 Å². The molecule has 0 bridgehead atoms. The van der Waals surface area contributed by atoms with Crippen molar-refractivity contribution in [2.45, 2.75) is 18.3 Å². The van der Waals surface area contributed by atoms with Crippen LogP contribution in [0.5, 0.6) is 0 Å². The van der Waals surface area contributed by atoms with Gasteiger partial charge in [-0.3, -0.25) is 9.59 Å². The number of hydroxylamine groups is 2. The monoisotopic (exact) mass is 369 g/mol. The minimum absolute atomic E-state index is 0.193. The van der Waals surface area contributed by atoms with Crippen LogP contribution in [0.1, 0.15) is 39.1 Å². The number of fused-ring (bicyclic) bond motifs is 1. The molecule has 0 unspecified atom stereocenters. The summed E-state index contributed by atoms with van der Waals surface area (Å²) in [5, 5.41) is 0.508. The summed E-state index contributed by atoms with van der Waals surface area (Å²) in [5.41, 5.74) is -0.161. The second-order valence-electron chi connectivity index (χ2n) is 6.53. The topological polar surface area (TPSA) is 72.9 Å². The summed E-state index contributed by atoms with van der Waals surface area (Å²) in [6, 6.07) is 11.8. The highest BCUT2D eigenvalue weighted by atomic mass is 19.1. The molecule has 2 aromatic rings. The van der Waals surface area contributed by atoms with Crippen LogP contribution in [0.2, 0.25) is 0 Å². The Bertz CT molecular complexity index is 883. The number of halogens is 1. The predicted octanol–water partition coefficient (Wildman–Crippen LogP) is 2.63. The number of hydrogen-bond acceptors (Lipinski definition) is 5. The van der Waals surface area contributed by atoms with Crippen molar-refractivity contribution < 1.29 is 28.3 Å². The van der Waals surface area contributed by atoms with Crippen molar-refractivity contribution in [3.63, 3.8) is 0 Å². The Labute approximate surface area is 154 Å². The molecule has 2 amide bonds. The Morgan fingerprint density at radius 3 is 2.07 bits per heavy atom. The van der Waals surface area contributed by atoms with Gasteiger partial charge in [0.1, 0.15) is 5.82 Å². The highest BCUT2D eigenvalue weighted by Crippen LogP contribution is 2.37. The minimum Gasteiger partial charge on any atom is -0.381 e. The number of hydrogen-bond donors (Lipinski definition) is 0. The average Bonchev–Trinajstić information content (AvgIpc) is 2.94. The zero-order valence-corrected chi connectivity index (χ0v) is 14.3. The number of nitrogens with zero attached hydrogens (tertiary/aromatic N) is 1. The molecule has 6 nitrogen and oxygen atoms in total. The van der Waals surface area contributed by atoms with Crippen molar-refractivity contribution in [3.05, 3.63) is 71.0 Å². The Morgan fingerprint density at radius 2 is 1.52 bits per heavy atom. The fourth-order valence-corrected chi connectivity index (χ4v) is 3.52. The maximum absolute atomic E-state index is 13.3. The second-order valence-corrected chi connectivity index (χ2v) is 6.53. The molecule has 0 atom stereocenters. The quantitative estimate of drug-likeness (QED) is 0.778. The van der Waals surface area contributed by atoms with Gasteiger partial charge < -0.3 is 9.57 Å². The number of benzene rings is 2. The number of amides is 2. The SMILES string of the molecule is O=C1c2ccccc2C(=O)N1OC(=O)C1(c2ccc(F)cc2)CCOCC1. The van der Waals surface area contributed by atoms with E-state index in [1.54, 1.807) is 12.1 Å². The molecule has 1 fully saturated rings. The fraction of sp³-hybridized carbons (Fsp3) is 0.250. The summed E-state index contributed by atoms with van der Waals surface area (Å²) in [4.78, 5) is 43.3. The van der Waals surface area contributed by atoms with Crippen molar-refractivity contribution in [1.29, 1.82) is 0 Å². The highest BCUT2D eigenvalue weighted by molar-refractivity contribution is 6.21. The third-order valence-corrected chi connectivity index (χ3v) is 5.06. The van der Waals surface area contributed by atoms with Crippen molar-refractivity contribution in [2.24, 2.45) is 0 Å². The minimum atomic E-state index is -1.11. The average molecular weight is 369 g/mol. The van der Waals surface area contributed by atoms with Crippen LogP contribution in [0.3, 0.4) is 0 Å². The molecule has 7 heteroatoms. The van der Waals surface area contributed by atoms with Crippen LogP contribution in [0.15, 0.2) is 48.5 Å². The summed E-state index contributed by atoms with van der Waals surface area (Å²) in [6.07, 6.45) is 0.612. The third-order valence-electron chi connectivity index (χ3n) is 5.06. The molecule has 0 aliphatic carbocycles. The Morgan fingerprint density at radius 1 is 0.963 bits per heavy atom. The molecule has 2 aliphatic heterocycles. The summed E-state index contributed by atoms with van der Waals surface area (Å²) in [5.74, 6) is -2.50. The maximum atomic E-state index is 13.3. The molecule has 2 heterocycles. The van der Waals surface area contributed by atoms with Crippen molar-refractivity contribution in [2.75, 3.05) is 13.2 Å². The van der Waals surface area contributed by atoms with Crippen LogP contribution in [-0.4, -0.2) is 36.1 Å². The van der Waals surface area contributed by atoms with Crippen molar-refractivity contribution in [3.8, 4) is 0 Å². The van der Waals surface area contributed by atoms with Crippen molar-refractivity contribution >= 4 is 17.8 Å². The van der Waals surface area contributed by atoms with E-state index in [4.69, 9.17) is 9.57 Å². The first-order valence-corrected chi connectivity index (χ1v) is 8.57. The Hall–Kier alpha value is -3.06. The van der Waals surface area contributed by atoms with Gasteiger partial charge in [0.15, 0.2) is 0 Å². The first-order valence-electron chi connectivity index (χ1n) is 8.57. The lowest BCUT2D eigenvalue weighted by molar-refractivity contribution is -0.179. The molecule has 0 radical (unpaired) electrons. The van der Waals surface area contributed by atoms with E-state index in [2.05, 4.69) is 0 Å². The van der Waals surface area contributed by atoms with Gasteiger partial charge in [0.2, 0.25) is 0 Å². The standard InChI is InChI=1S/C20H16FNO5/c21-14-7-5-13(6-8-14)20(9-11-26-12-10-20)19(25)27-22-17(23)15-3-1-2-4-16(15)18(22)24/h1-8H,9-12H2. The van der Waals surface area contributed by atoms with E-state index >= 15 is 0 Å². The molecule has 4 rings (SSSR count). The first kappa shape index (κ1) is 17.4. The zero-order chi connectivity index (χ0) is 19.0. The van der Waals surface area contributed by atoms with E-state index in [0.717, 1.165) is 0 Å². The van der Waals surface area contributed by atoms with Gasteiger partial charge in [0.05, 0.1) is 16.5 Å². The first-order chi connectivity index (χ1) is 13.0. The number of ether oxygens (including phenoxy) is 1. The fourth-order valence-electron chi connectivity index (χ4n) is 3.52. The number of rotatable bonds is 3. The molecule has 27 heavy (non-hydrogen) atoms. The van der Waals surface area contributed by atoms with E-state index in [-0.39, 0.29) is 11.1 Å². The molecule has 2 aromatic carbocycles. The van der Waals surface area contributed by atoms with Gasteiger partial charge in [-0.05, 0) is 42.7 Å². The number of carbonyl (C=O) groups is 3. The van der Waals surface area contributed by atoms with Gasteiger partial charge in [-0.1, -0.05) is 29.3 Å². The Kier molecular flexibility index (Phi) is 4.24. The molecule has 0 N–H and O–H groups in total. The van der Waals surface area contributed by atoms with Crippen molar-refractivity contribution in [1.82, 2.24) is 5.06 Å². The van der Waals surface area contributed by atoms with Gasteiger partial charge in [-0.2, -0.15) is 0 Å². The van der Waals surface area contributed by atoms with Crippen LogP contribution in [-0.2, 0) is 19.8 Å². The third kappa shape index (κ3) is 2.80. The van der Waals surface area contributed by atoms with Crippen LogP contribution in [0, 0.1) is 5.82 Å². The van der Waals surface area contributed by atoms with Crippen LogP contribution in [0.4, 0.5) is 4.39 Å². The zero-order valence-electron chi connectivity index (χ0n) is 14.3. The summed E-state index contributed by atoms with van der Waals surface area (Å²) in [7, 11) is 0. The van der Waals surface area contributed by atoms with Crippen LogP contribution < -0.4 is 0 Å². The van der Waals surface area contributed by atoms with E-state index < -0.39 is 29.0 Å². The summed E-state index contributed by atoms with van der Waals surface area (Å²) < 4.78 is 18.7. The molecule has 1 saturated heterocycles. The highest BCUT2D eigenvalue weighted by Gasteiger charge is 2.47. The molecular weight excluding hydrogens is 353 g/mol. The molecule has 138 valence electrons. The van der Waals surface area contributed by atoms with E-state index in [0.29, 0.717) is 36.7 Å². The predicted molar refractivity (Wildman–Crippen MR) is 91.2 cm³/mol. The van der Waals surface area contributed by atoms with Crippen LogP contribution in [0.25, 0.3) is 0 Å². The largest absolute Gasteiger partial charge is 0.381 e. The van der Waals surface area contributed by atoms with Gasteiger partial charge in [-0.15, -0.1) is 0 Å². The smallest absolute Gasteiger partial charge is 0.343 e. The molecule has 0 aromatic heterocycles. The lowest BCUT2D eigenvalue weighted by atomic mass is 9.74. The van der Waals surface area contributed by atoms with Gasteiger partial charge in [0, 0.05) is 13.2 Å². The summed E-state index contributed by atoms with van der Waals surface area (Å²) in [6.45, 7) is 0.628. The molecular formula is C20H16FNO5.